The third-order valence-corrected chi connectivity index (χ3v) is 3.76. The number of benzene rings is 1. The van der Waals surface area contributed by atoms with E-state index >= 15 is 0 Å². The number of hydrogen-bond acceptors (Lipinski definition) is 1. The Labute approximate surface area is 98.3 Å². The minimum absolute atomic E-state index is 0.745. The van der Waals surface area contributed by atoms with Crippen LogP contribution in [0.25, 0.3) is 0 Å². The largest absolute Gasteiger partial charge is 0.311 e. The maximum atomic E-state index is 3.82. The zero-order valence-electron chi connectivity index (χ0n) is 10.1. The number of nitrogens with one attached hydrogen (secondary N) is 1. The van der Waals surface area contributed by atoms with Crippen LogP contribution in [0.3, 0.4) is 0 Å². The molecule has 0 saturated heterocycles. The van der Waals surface area contributed by atoms with Gasteiger partial charge in [-0.15, -0.1) is 0 Å². The summed E-state index contributed by atoms with van der Waals surface area (Å²) in [5.74, 6) is 0.959. The average Bonchev–Trinajstić information content (AvgIpc) is 3.12. The second-order valence-corrected chi connectivity index (χ2v) is 5.58. The Hall–Kier alpha value is -0.820. The van der Waals surface area contributed by atoms with Crippen LogP contribution in [0.4, 0.5) is 0 Å². The number of aryl methyl sites for hydroxylation is 1. The van der Waals surface area contributed by atoms with E-state index in [9.17, 15) is 0 Å². The molecule has 86 valence electrons. The van der Waals surface area contributed by atoms with Crippen LogP contribution in [-0.4, -0.2) is 12.1 Å². The van der Waals surface area contributed by atoms with Crippen molar-refractivity contribution in [1.82, 2.24) is 5.32 Å². The van der Waals surface area contributed by atoms with Crippen molar-refractivity contribution in [2.24, 2.45) is 5.92 Å². The summed E-state index contributed by atoms with van der Waals surface area (Å²) in [6.45, 7) is 2.18. The van der Waals surface area contributed by atoms with Gasteiger partial charge < -0.3 is 5.32 Å². The topological polar surface area (TPSA) is 12.0 Å². The predicted molar refractivity (Wildman–Crippen MR) is 67.6 cm³/mol. The van der Waals surface area contributed by atoms with Gasteiger partial charge in [-0.1, -0.05) is 29.8 Å². The second kappa shape index (κ2) is 4.21. The lowest BCUT2D eigenvalue weighted by Crippen LogP contribution is -2.34. The van der Waals surface area contributed by atoms with E-state index in [1.54, 1.807) is 0 Å². The van der Waals surface area contributed by atoms with Crippen LogP contribution >= 0.6 is 0 Å². The smallest absolute Gasteiger partial charge is 0.0138 e. The first-order valence-corrected chi connectivity index (χ1v) is 6.63. The Morgan fingerprint density at radius 1 is 1.25 bits per heavy atom. The van der Waals surface area contributed by atoms with Gasteiger partial charge in [-0.3, -0.25) is 0 Å². The second-order valence-electron chi connectivity index (χ2n) is 5.58. The lowest BCUT2D eigenvalue weighted by atomic mass is 10.0. The van der Waals surface area contributed by atoms with Gasteiger partial charge in [0.15, 0.2) is 0 Å². The number of hydrogen-bond donors (Lipinski definition) is 1. The standard InChI is InChI=1S/C15H21N/c1-11-3-2-4-12(9-11)10-15(13-5-6-13)16-14-7-8-14/h2-4,9,13-16H,5-8,10H2,1H3. The monoisotopic (exact) mass is 215 g/mol. The third-order valence-electron chi connectivity index (χ3n) is 3.76. The molecule has 0 heterocycles. The molecule has 2 aliphatic rings. The van der Waals surface area contributed by atoms with Crippen LogP contribution in [0, 0.1) is 12.8 Å². The molecule has 3 rings (SSSR count). The molecule has 1 N–H and O–H groups in total. The minimum Gasteiger partial charge on any atom is -0.311 e. The summed E-state index contributed by atoms with van der Waals surface area (Å²) < 4.78 is 0. The van der Waals surface area contributed by atoms with E-state index in [-0.39, 0.29) is 0 Å². The molecule has 1 unspecified atom stereocenters. The SMILES string of the molecule is Cc1cccc(CC(NC2CC2)C2CC2)c1. The van der Waals surface area contributed by atoms with Crippen LogP contribution in [0.1, 0.15) is 36.8 Å². The van der Waals surface area contributed by atoms with Crippen LogP contribution in [0.5, 0.6) is 0 Å². The third kappa shape index (κ3) is 2.65. The predicted octanol–water partition coefficient (Wildman–Crippen LogP) is 3.07. The van der Waals surface area contributed by atoms with E-state index in [1.807, 2.05) is 0 Å². The van der Waals surface area contributed by atoms with Gasteiger partial charge in [0.1, 0.15) is 0 Å². The summed E-state index contributed by atoms with van der Waals surface area (Å²) in [4.78, 5) is 0. The fraction of sp³-hybridized carbons (Fsp3) is 0.600. The van der Waals surface area contributed by atoms with E-state index in [4.69, 9.17) is 0 Å². The van der Waals surface area contributed by atoms with Crippen LogP contribution in [0.15, 0.2) is 24.3 Å². The van der Waals surface area contributed by atoms with E-state index < -0.39 is 0 Å². The van der Waals surface area contributed by atoms with E-state index in [0.29, 0.717) is 0 Å². The molecule has 0 aliphatic heterocycles. The van der Waals surface area contributed by atoms with Crippen molar-refractivity contribution < 1.29 is 0 Å². The van der Waals surface area contributed by atoms with Gasteiger partial charge in [-0.2, -0.15) is 0 Å². The molecule has 0 aromatic heterocycles. The molecule has 2 aliphatic carbocycles. The lowest BCUT2D eigenvalue weighted by Gasteiger charge is -2.18. The maximum absolute atomic E-state index is 3.82. The van der Waals surface area contributed by atoms with E-state index in [0.717, 1.165) is 18.0 Å². The van der Waals surface area contributed by atoms with Crippen molar-refractivity contribution in [2.45, 2.75) is 51.1 Å². The van der Waals surface area contributed by atoms with Gasteiger partial charge in [-0.25, -0.2) is 0 Å². The van der Waals surface area contributed by atoms with Gasteiger partial charge in [0.05, 0.1) is 0 Å². The molecule has 0 bridgehead atoms. The highest BCUT2D eigenvalue weighted by atomic mass is 15.0. The zero-order valence-corrected chi connectivity index (χ0v) is 10.1. The molecule has 2 saturated carbocycles. The van der Waals surface area contributed by atoms with E-state index in [1.165, 1.54) is 43.2 Å². The average molecular weight is 215 g/mol. The first-order chi connectivity index (χ1) is 7.81. The van der Waals surface area contributed by atoms with Crippen molar-refractivity contribution >= 4 is 0 Å². The van der Waals surface area contributed by atoms with Crippen LogP contribution in [-0.2, 0) is 6.42 Å². The summed E-state index contributed by atoms with van der Waals surface area (Å²) >= 11 is 0. The molecule has 2 fully saturated rings. The molecule has 0 spiro atoms. The van der Waals surface area contributed by atoms with Gasteiger partial charge in [0, 0.05) is 12.1 Å². The normalized spacial score (nSPS) is 22.1. The Balaban J connectivity index is 1.65. The Morgan fingerprint density at radius 2 is 2.06 bits per heavy atom. The van der Waals surface area contributed by atoms with Gasteiger partial charge in [0.25, 0.3) is 0 Å². The van der Waals surface area contributed by atoms with Crippen molar-refractivity contribution in [3.8, 4) is 0 Å². The van der Waals surface area contributed by atoms with Gasteiger partial charge >= 0.3 is 0 Å². The summed E-state index contributed by atoms with van der Waals surface area (Å²) in [7, 11) is 0. The molecule has 1 aromatic rings. The van der Waals surface area contributed by atoms with Crippen molar-refractivity contribution in [1.29, 1.82) is 0 Å². The molecular weight excluding hydrogens is 194 g/mol. The summed E-state index contributed by atoms with van der Waals surface area (Å²) in [5, 5.41) is 3.82. The highest BCUT2D eigenvalue weighted by molar-refractivity contribution is 5.23. The summed E-state index contributed by atoms with van der Waals surface area (Å²) in [6.07, 6.45) is 6.91. The molecule has 16 heavy (non-hydrogen) atoms. The fourth-order valence-corrected chi connectivity index (χ4v) is 2.51. The molecule has 0 amide bonds. The molecule has 1 aromatic carbocycles. The highest BCUT2D eigenvalue weighted by Crippen LogP contribution is 2.36. The fourth-order valence-electron chi connectivity index (χ4n) is 2.51. The number of rotatable bonds is 5. The van der Waals surface area contributed by atoms with Crippen molar-refractivity contribution in [3.63, 3.8) is 0 Å². The van der Waals surface area contributed by atoms with Crippen LogP contribution in [0.2, 0.25) is 0 Å². The maximum Gasteiger partial charge on any atom is 0.0138 e. The Kier molecular flexibility index (Phi) is 2.72. The molecule has 1 heteroatoms. The zero-order chi connectivity index (χ0) is 11.0. The molecule has 0 radical (unpaired) electrons. The summed E-state index contributed by atoms with van der Waals surface area (Å²) in [5.41, 5.74) is 2.89. The first kappa shape index (κ1) is 10.3. The van der Waals surface area contributed by atoms with Gasteiger partial charge in [0.2, 0.25) is 0 Å². The Morgan fingerprint density at radius 3 is 2.69 bits per heavy atom. The van der Waals surface area contributed by atoms with Crippen LogP contribution < -0.4 is 5.32 Å². The van der Waals surface area contributed by atoms with Crippen molar-refractivity contribution in [3.05, 3.63) is 35.4 Å². The van der Waals surface area contributed by atoms with Crippen molar-refractivity contribution in [2.75, 3.05) is 0 Å². The lowest BCUT2D eigenvalue weighted by molar-refractivity contribution is 0.456. The minimum atomic E-state index is 0.745. The molecule has 1 nitrogen and oxygen atoms in total. The Bertz CT molecular complexity index is 363. The highest BCUT2D eigenvalue weighted by Gasteiger charge is 2.34. The molecular formula is C15H21N. The first-order valence-electron chi connectivity index (χ1n) is 6.63. The quantitative estimate of drug-likeness (QED) is 0.796. The summed E-state index contributed by atoms with van der Waals surface area (Å²) in [6, 6.07) is 10.6. The molecule has 1 atom stereocenters. The van der Waals surface area contributed by atoms with Gasteiger partial charge in [-0.05, 0) is 50.5 Å². The van der Waals surface area contributed by atoms with E-state index in [2.05, 4.69) is 36.5 Å².